The zero-order valence-electron chi connectivity index (χ0n) is 8.59. The molecule has 13 heavy (non-hydrogen) atoms. The summed E-state index contributed by atoms with van der Waals surface area (Å²) in [4.78, 5) is 4.44. The van der Waals surface area contributed by atoms with Crippen molar-refractivity contribution < 1.29 is 4.74 Å². The SMILES string of the molecule is COCCCN=C1NC(C)(C)CS1. The van der Waals surface area contributed by atoms with Gasteiger partial charge in [-0.1, -0.05) is 11.8 Å². The van der Waals surface area contributed by atoms with E-state index in [1.165, 1.54) is 0 Å². The third-order valence-corrected chi connectivity index (χ3v) is 3.15. The molecule has 0 aromatic carbocycles. The van der Waals surface area contributed by atoms with Gasteiger partial charge in [0.25, 0.3) is 0 Å². The predicted octanol–water partition coefficient (Wildman–Crippen LogP) is 1.49. The van der Waals surface area contributed by atoms with Crippen molar-refractivity contribution in [1.82, 2.24) is 5.32 Å². The molecule has 0 aliphatic carbocycles. The van der Waals surface area contributed by atoms with E-state index in [2.05, 4.69) is 24.2 Å². The fourth-order valence-corrected chi connectivity index (χ4v) is 2.19. The van der Waals surface area contributed by atoms with Crippen LogP contribution in [0.1, 0.15) is 20.3 Å². The normalized spacial score (nSPS) is 23.5. The van der Waals surface area contributed by atoms with E-state index in [0.29, 0.717) is 0 Å². The molecule has 0 bridgehead atoms. The van der Waals surface area contributed by atoms with Crippen molar-refractivity contribution >= 4 is 16.9 Å². The van der Waals surface area contributed by atoms with Crippen LogP contribution in [0.4, 0.5) is 0 Å². The molecule has 1 saturated heterocycles. The Morgan fingerprint density at radius 1 is 1.62 bits per heavy atom. The molecule has 3 nitrogen and oxygen atoms in total. The number of thioether (sulfide) groups is 1. The van der Waals surface area contributed by atoms with E-state index in [-0.39, 0.29) is 5.54 Å². The molecular formula is C9H18N2OS. The summed E-state index contributed by atoms with van der Waals surface area (Å²) < 4.78 is 4.95. The molecule has 1 aliphatic rings. The van der Waals surface area contributed by atoms with E-state index in [9.17, 15) is 0 Å². The maximum absolute atomic E-state index is 4.95. The minimum Gasteiger partial charge on any atom is -0.385 e. The number of ether oxygens (including phenoxy) is 1. The van der Waals surface area contributed by atoms with E-state index in [4.69, 9.17) is 4.74 Å². The summed E-state index contributed by atoms with van der Waals surface area (Å²) in [5.74, 6) is 1.11. The molecule has 0 aromatic heterocycles. The molecule has 76 valence electrons. The molecule has 4 heteroatoms. The molecule has 1 rings (SSSR count). The van der Waals surface area contributed by atoms with Crippen molar-refractivity contribution in [3.63, 3.8) is 0 Å². The molecule has 1 N–H and O–H groups in total. The third kappa shape index (κ3) is 4.00. The van der Waals surface area contributed by atoms with Gasteiger partial charge < -0.3 is 10.1 Å². The van der Waals surface area contributed by atoms with E-state index in [1.54, 1.807) is 18.9 Å². The average Bonchev–Trinajstić information content (AvgIpc) is 2.40. The van der Waals surface area contributed by atoms with Crippen LogP contribution in [0.15, 0.2) is 4.99 Å². The van der Waals surface area contributed by atoms with Crippen LogP contribution in [0.3, 0.4) is 0 Å². The fraction of sp³-hybridized carbons (Fsp3) is 0.889. The van der Waals surface area contributed by atoms with Gasteiger partial charge in [0.15, 0.2) is 5.17 Å². The number of methoxy groups -OCH3 is 1. The molecule has 0 amide bonds. The van der Waals surface area contributed by atoms with Gasteiger partial charge in [0.2, 0.25) is 0 Å². The molecule has 0 saturated carbocycles. The summed E-state index contributed by atoms with van der Waals surface area (Å²) in [7, 11) is 1.72. The first-order valence-corrected chi connectivity index (χ1v) is 5.57. The molecule has 1 heterocycles. The van der Waals surface area contributed by atoms with Gasteiger partial charge in [-0.15, -0.1) is 0 Å². The molecular weight excluding hydrogens is 184 g/mol. The number of nitrogens with zero attached hydrogens (tertiary/aromatic N) is 1. The summed E-state index contributed by atoms with van der Waals surface area (Å²) in [5, 5.41) is 4.46. The second kappa shape index (κ2) is 4.86. The van der Waals surface area contributed by atoms with Crippen LogP contribution < -0.4 is 5.32 Å². The van der Waals surface area contributed by atoms with Crippen molar-refractivity contribution in [1.29, 1.82) is 0 Å². The second-order valence-electron chi connectivity index (χ2n) is 3.83. The highest BCUT2D eigenvalue weighted by Crippen LogP contribution is 2.21. The lowest BCUT2D eigenvalue weighted by atomic mass is 10.1. The topological polar surface area (TPSA) is 33.6 Å². The van der Waals surface area contributed by atoms with Gasteiger partial charge in [0.05, 0.1) is 0 Å². The Balaban J connectivity index is 2.22. The largest absolute Gasteiger partial charge is 0.385 e. The first-order chi connectivity index (χ1) is 6.14. The van der Waals surface area contributed by atoms with E-state index < -0.39 is 0 Å². The minimum absolute atomic E-state index is 0.213. The van der Waals surface area contributed by atoms with E-state index in [0.717, 1.165) is 30.5 Å². The van der Waals surface area contributed by atoms with Crippen molar-refractivity contribution in [3.8, 4) is 0 Å². The molecule has 0 aromatic rings. The average molecular weight is 202 g/mol. The van der Waals surface area contributed by atoms with Crippen LogP contribution in [-0.2, 0) is 4.74 Å². The Hall–Kier alpha value is -0.220. The van der Waals surface area contributed by atoms with Crippen LogP contribution in [-0.4, -0.2) is 36.7 Å². The Kier molecular flexibility index (Phi) is 4.06. The highest BCUT2D eigenvalue weighted by atomic mass is 32.2. The van der Waals surface area contributed by atoms with Crippen LogP contribution in [0.5, 0.6) is 0 Å². The number of aliphatic imine (C=N–C) groups is 1. The lowest BCUT2D eigenvalue weighted by molar-refractivity contribution is 0.197. The maximum Gasteiger partial charge on any atom is 0.157 e. The third-order valence-electron chi connectivity index (χ3n) is 1.78. The summed E-state index contributed by atoms with van der Waals surface area (Å²) >= 11 is 1.81. The standard InChI is InChI=1S/C9H18N2OS/c1-9(2)7-13-8(11-9)10-5-4-6-12-3/h4-7H2,1-3H3,(H,10,11). The van der Waals surface area contributed by atoms with Crippen molar-refractivity contribution in [3.05, 3.63) is 0 Å². The van der Waals surface area contributed by atoms with Crippen LogP contribution in [0, 0.1) is 0 Å². The molecule has 0 unspecified atom stereocenters. The van der Waals surface area contributed by atoms with E-state index in [1.807, 2.05) is 0 Å². The highest BCUT2D eigenvalue weighted by Gasteiger charge is 2.26. The van der Waals surface area contributed by atoms with E-state index >= 15 is 0 Å². The lowest BCUT2D eigenvalue weighted by Crippen LogP contribution is -2.36. The summed E-state index contributed by atoms with van der Waals surface area (Å²) in [6.45, 7) is 6.04. The monoisotopic (exact) mass is 202 g/mol. The maximum atomic E-state index is 4.95. The van der Waals surface area contributed by atoms with Crippen molar-refractivity contribution in [2.24, 2.45) is 4.99 Å². The Morgan fingerprint density at radius 2 is 2.38 bits per heavy atom. The van der Waals surface area contributed by atoms with Gasteiger partial charge >= 0.3 is 0 Å². The molecule has 0 radical (unpaired) electrons. The Morgan fingerprint density at radius 3 is 2.92 bits per heavy atom. The van der Waals surface area contributed by atoms with Crippen LogP contribution in [0.25, 0.3) is 0 Å². The van der Waals surface area contributed by atoms with Crippen LogP contribution in [0.2, 0.25) is 0 Å². The van der Waals surface area contributed by atoms with Crippen molar-refractivity contribution in [2.75, 3.05) is 26.0 Å². The molecule has 1 aliphatic heterocycles. The summed E-state index contributed by atoms with van der Waals surface area (Å²) in [5.41, 5.74) is 0.213. The molecule has 0 atom stereocenters. The number of amidine groups is 1. The first kappa shape index (κ1) is 10.9. The highest BCUT2D eigenvalue weighted by molar-refractivity contribution is 8.14. The van der Waals surface area contributed by atoms with Gasteiger partial charge in [0, 0.05) is 31.6 Å². The zero-order valence-corrected chi connectivity index (χ0v) is 9.41. The van der Waals surface area contributed by atoms with Gasteiger partial charge in [-0.05, 0) is 20.3 Å². The molecule has 0 spiro atoms. The molecule has 1 fully saturated rings. The first-order valence-electron chi connectivity index (χ1n) is 4.58. The smallest absolute Gasteiger partial charge is 0.157 e. The lowest BCUT2D eigenvalue weighted by Gasteiger charge is -2.15. The Labute approximate surface area is 84.3 Å². The predicted molar refractivity (Wildman–Crippen MR) is 58.5 cm³/mol. The zero-order chi connectivity index (χ0) is 9.73. The second-order valence-corrected chi connectivity index (χ2v) is 4.79. The van der Waals surface area contributed by atoms with Gasteiger partial charge in [-0.25, -0.2) is 0 Å². The quantitative estimate of drug-likeness (QED) is 0.701. The summed E-state index contributed by atoms with van der Waals surface area (Å²) in [6.07, 6.45) is 1.00. The number of rotatable bonds is 4. The fourth-order valence-electron chi connectivity index (χ4n) is 1.09. The van der Waals surface area contributed by atoms with Gasteiger partial charge in [-0.2, -0.15) is 0 Å². The summed E-state index contributed by atoms with van der Waals surface area (Å²) in [6, 6.07) is 0. The van der Waals surface area contributed by atoms with Crippen molar-refractivity contribution in [2.45, 2.75) is 25.8 Å². The van der Waals surface area contributed by atoms with Crippen LogP contribution >= 0.6 is 11.8 Å². The minimum atomic E-state index is 0.213. The number of nitrogens with one attached hydrogen (secondary N) is 1. The Bertz CT molecular complexity index is 192. The van der Waals surface area contributed by atoms with Gasteiger partial charge in [-0.3, -0.25) is 4.99 Å². The number of hydrogen-bond donors (Lipinski definition) is 1. The number of hydrogen-bond acceptors (Lipinski definition) is 3. The van der Waals surface area contributed by atoms with Gasteiger partial charge in [0.1, 0.15) is 0 Å².